The van der Waals surface area contributed by atoms with Crippen LogP contribution in [0.25, 0.3) is 0 Å². The van der Waals surface area contributed by atoms with Gasteiger partial charge in [0.1, 0.15) is 11.3 Å². The fourth-order valence-corrected chi connectivity index (χ4v) is 0.987. The third-order valence-electron chi connectivity index (χ3n) is 1.54. The normalized spacial score (nSPS) is 11.0. The fraction of sp³-hybridized carbons (Fsp3) is 0.500. The minimum Gasteiger partial charge on any atom is -0.444 e. The monoisotopic (exact) mass is 225 g/mol. The molecule has 0 saturated carbocycles. The molecule has 1 aromatic rings. The first kappa shape index (κ1) is 12.4. The van der Waals surface area contributed by atoms with Gasteiger partial charge in [-0.15, -0.1) is 0 Å². The fourth-order valence-electron chi connectivity index (χ4n) is 0.987. The average molecular weight is 225 g/mol. The largest absolute Gasteiger partial charge is 0.444 e. The van der Waals surface area contributed by atoms with Crippen LogP contribution < -0.4 is 5.32 Å². The van der Waals surface area contributed by atoms with Crippen LogP contribution in [0, 0.1) is 0 Å². The van der Waals surface area contributed by atoms with Gasteiger partial charge in [0, 0.05) is 12.4 Å². The molecule has 1 heterocycles. The molecule has 6 nitrogen and oxygen atoms in total. The van der Waals surface area contributed by atoms with E-state index in [1.807, 2.05) is 0 Å². The predicted molar refractivity (Wildman–Crippen MR) is 57.8 cm³/mol. The summed E-state index contributed by atoms with van der Waals surface area (Å²) in [6, 6.07) is 0. The van der Waals surface area contributed by atoms with Gasteiger partial charge in [0.25, 0.3) is 0 Å². The molecule has 0 aromatic carbocycles. The number of hydrogen-bond acceptors (Lipinski definition) is 5. The lowest BCUT2D eigenvalue weighted by Gasteiger charge is -2.19. The van der Waals surface area contributed by atoms with Crippen LogP contribution in [0.2, 0.25) is 0 Å². The number of anilines is 1. The zero-order valence-corrected chi connectivity index (χ0v) is 9.52. The lowest BCUT2D eigenvalue weighted by molar-refractivity contribution is 0.0635. The third kappa shape index (κ3) is 3.82. The molecule has 0 unspecified atom stereocenters. The smallest absolute Gasteiger partial charge is 0.413 e. The van der Waals surface area contributed by atoms with E-state index in [4.69, 9.17) is 9.84 Å². The van der Waals surface area contributed by atoms with Crippen molar-refractivity contribution in [1.82, 2.24) is 9.97 Å². The topological polar surface area (TPSA) is 84.3 Å². The molecule has 0 aliphatic rings. The van der Waals surface area contributed by atoms with Crippen molar-refractivity contribution < 1.29 is 14.6 Å². The first-order chi connectivity index (χ1) is 7.42. The highest BCUT2D eigenvalue weighted by Crippen LogP contribution is 2.12. The summed E-state index contributed by atoms with van der Waals surface area (Å²) >= 11 is 0. The van der Waals surface area contributed by atoms with Gasteiger partial charge in [0.2, 0.25) is 0 Å². The summed E-state index contributed by atoms with van der Waals surface area (Å²) in [7, 11) is 0. The number of amides is 1. The van der Waals surface area contributed by atoms with Gasteiger partial charge in [0.05, 0.1) is 6.61 Å². The molecule has 16 heavy (non-hydrogen) atoms. The second-order valence-electron chi connectivity index (χ2n) is 4.14. The van der Waals surface area contributed by atoms with E-state index in [0.29, 0.717) is 5.69 Å². The number of aliphatic hydroxyl groups excluding tert-OH is 1. The highest BCUT2D eigenvalue weighted by molar-refractivity contribution is 5.84. The van der Waals surface area contributed by atoms with E-state index in [2.05, 4.69) is 15.3 Å². The summed E-state index contributed by atoms with van der Waals surface area (Å²) in [4.78, 5) is 19.2. The Hall–Kier alpha value is -1.69. The first-order valence-corrected chi connectivity index (χ1v) is 4.83. The van der Waals surface area contributed by atoms with Gasteiger partial charge in [-0.25, -0.2) is 9.78 Å². The molecule has 0 atom stereocenters. The number of aromatic nitrogens is 2. The Kier molecular flexibility index (Phi) is 3.78. The van der Waals surface area contributed by atoms with E-state index in [-0.39, 0.29) is 12.4 Å². The molecular weight excluding hydrogens is 210 g/mol. The van der Waals surface area contributed by atoms with Crippen molar-refractivity contribution in [1.29, 1.82) is 0 Å². The SMILES string of the molecule is CC(C)(C)OC(=O)Nc1nccnc1CO. The van der Waals surface area contributed by atoms with E-state index in [1.165, 1.54) is 12.4 Å². The van der Waals surface area contributed by atoms with Crippen molar-refractivity contribution >= 4 is 11.9 Å². The second-order valence-corrected chi connectivity index (χ2v) is 4.14. The molecule has 0 spiro atoms. The number of nitrogens with zero attached hydrogens (tertiary/aromatic N) is 2. The zero-order valence-electron chi connectivity index (χ0n) is 9.52. The maximum absolute atomic E-state index is 11.4. The summed E-state index contributed by atoms with van der Waals surface area (Å²) in [5, 5.41) is 11.4. The van der Waals surface area contributed by atoms with Crippen molar-refractivity contribution in [2.75, 3.05) is 5.32 Å². The van der Waals surface area contributed by atoms with E-state index >= 15 is 0 Å². The van der Waals surface area contributed by atoms with Crippen molar-refractivity contribution in [3.05, 3.63) is 18.1 Å². The van der Waals surface area contributed by atoms with Crippen molar-refractivity contribution in [3.63, 3.8) is 0 Å². The number of ether oxygens (including phenoxy) is 1. The molecule has 6 heteroatoms. The molecule has 0 aliphatic carbocycles. The molecule has 1 rings (SSSR count). The number of carbonyl (C=O) groups is 1. The Balaban J connectivity index is 2.70. The molecule has 1 aromatic heterocycles. The van der Waals surface area contributed by atoms with Crippen LogP contribution in [0.1, 0.15) is 26.5 Å². The lowest BCUT2D eigenvalue weighted by Crippen LogP contribution is -2.28. The van der Waals surface area contributed by atoms with Crippen LogP contribution in [0.15, 0.2) is 12.4 Å². The summed E-state index contributed by atoms with van der Waals surface area (Å²) < 4.78 is 5.04. The molecule has 1 amide bonds. The third-order valence-corrected chi connectivity index (χ3v) is 1.54. The van der Waals surface area contributed by atoms with Crippen LogP contribution in [0.4, 0.5) is 10.6 Å². The van der Waals surface area contributed by atoms with E-state index < -0.39 is 11.7 Å². The molecule has 0 fully saturated rings. The maximum atomic E-state index is 11.4. The number of hydrogen-bond donors (Lipinski definition) is 2. The standard InChI is InChI=1S/C10H15N3O3/c1-10(2,3)16-9(15)13-8-7(6-14)11-4-5-12-8/h4-5,14H,6H2,1-3H3,(H,12,13,15). The molecule has 0 saturated heterocycles. The summed E-state index contributed by atoms with van der Waals surface area (Å²) in [5.41, 5.74) is -0.278. The van der Waals surface area contributed by atoms with Crippen molar-refractivity contribution in [2.24, 2.45) is 0 Å². The molecule has 0 aliphatic heterocycles. The molecule has 88 valence electrons. The lowest BCUT2D eigenvalue weighted by atomic mass is 10.2. The zero-order chi connectivity index (χ0) is 12.2. The Morgan fingerprint density at radius 3 is 2.62 bits per heavy atom. The number of nitrogens with one attached hydrogen (secondary N) is 1. The molecule has 0 radical (unpaired) electrons. The predicted octanol–water partition coefficient (Wildman–Crippen LogP) is 1.32. The Morgan fingerprint density at radius 1 is 1.44 bits per heavy atom. The maximum Gasteiger partial charge on any atom is 0.413 e. The second kappa shape index (κ2) is 4.89. The van der Waals surface area contributed by atoms with Gasteiger partial charge in [-0.1, -0.05) is 0 Å². The van der Waals surface area contributed by atoms with Gasteiger partial charge >= 0.3 is 6.09 Å². The minimum absolute atomic E-state index is 0.208. The number of aliphatic hydroxyl groups is 1. The van der Waals surface area contributed by atoms with Crippen LogP contribution in [-0.4, -0.2) is 26.8 Å². The summed E-state index contributed by atoms with van der Waals surface area (Å²) in [6.07, 6.45) is 2.24. The summed E-state index contributed by atoms with van der Waals surface area (Å²) in [5.74, 6) is 0.208. The van der Waals surface area contributed by atoms with Gasteiger partial charge in [-0.3, -0.25) is 10.3 Å². The highest BCUT2D eigenvalue weighted by atomic mass is 16.6. The molecular formula is C10H15N3O3. The highest BCUT2D eigenvalue weighted by Gasteiger charge is 2.17. The van der Waals surface area contributed by atoms with Crippen molar-refractivity contribution in [3.8, 4) is 0 Å². The van der Waals surface area contributed by atoms with Gasteiger partial charge in [-0.05, 0) is 20.8 Å². The number of carbonyl (C=O) groups excluding carboxylic acids is 1. The van der Waals surface area contributed by atoms with E-state index in [0.717, 1.165) is 0 Å². The van der Waals surface area contributed by atoms with Gasteiger partial charge in [-0.2, -0.15) is 0 Å². The summed E-state index contributed by atoms with van der Waals surface area (Å²) in [6.45, 7) is 4.99. The Morgan fingerprint density at radius 2 is 2.06 bits per heavy atom. The van der Waals surface area contributed by atoms with Crippen LogP contribution in [-0.2, 0) is 11.3 Å². The first-order valence-electron chi connectivity index (χ1n) is 4.83. The Bertz CT molecular complexity index is 374. The van der Waals surface area contributed by atoms with Crippen molar-refractivity contribution in [2.45, 2.75) is 33.0 Å². The Labute approximate surface area is 93.7 Å². The average Bonchev–Trinajstić information content (AvgIpc) is 2.15. The quantitative estimate of drug-likeness (QED) is 0.792. The van der Waals surface area contributed by atoms with Crippen LogP contribution in [0.5, 0.6) is 0 Å². The molecule has 2 N–H and O–H groups in total. The van der Waals surface area contributed by atoms with Crippen LogP contribution in [0.3, 0.4) is 0 Å². The van der Waals surface area contributed by atoms with Gasteiger partial charge < -0.3 is 9.84 Å². The van der Waals surface area contributed by atoms with E-state index in [1.54, 1.807) is 20.8 Å². The minimum atomic E-state index is -0.622. The number of rotatable bonds is 2. The van der Waals surface area contributed by atoms with E-state index in [9.17, 15) is 4.79 Å². The molecule has 0 bridgehead atoms. The van der Waals surface area contributed by atoms with Gasteiger partial charge in [0.15, 0.2) is 5.82 Å². The van der Waals surface area contributed by atoms with Crippen LogP contribution >= 0.6 is 0 Å².